The fraction of sp³-hybridized carbons (Fsp3) is 0.444. The molecule has 1 amide bonds. The molecule has 5 rings (SSSR count). The number of carbonyl (C=O) groups excluding carboxylic acids is 1. The van der Waals surface area contributed by atoms with Gasteiger partial charge in [0.05, 0.1) is 35.1 Å². The number of hydrogen-bond acceptors (Lipinski definition) is 5. The van der Waals surface area contributed by atoms with Gasteiger partial charge in [-0.2, -0.15) is 0 Å². The number of carbonyl (C=O) groups is 1. The number of likely N-dealkylation sites (N-methyl/N-ethyl adjacent to an activating group) is 1. The molecule has 1 N–H and O–H groups in total. The molecule has 9 heteroatoms. The van der Waals surface area contributed by atoms with Gasteiger partial charge in [0, 0.05) is 30.3 Å². The van der Waals surface area contributed by atoms with Crippen LogP contribution in [0.5, 0.6) is 0 Å². The van der Waals surface area contributed by atoms with Crippen molar-refractivity contribution in [1.29, 1.82) is 0 Å². The van der Waals surface area contributed by atoms with Gasteiger partial charge in [-0.3, -0.25) is 4.79 Å². The highest BCUT2D eigenvalue weighted by molar-refractivity contribution is 6.10. The molecule has 2 aliphatic rings. The summed E-state index contributed by atoms with van der Waals surface area (Å²) in [4.78, 5) is 23.5. The highest BCUT2D eigenvalue weighted by Crippen LogP contribution is 2.45. The first-order valence-corrected chi connectivity index (χ1v) is 12.0. The number of aromatic nitrogens is 2. The van der Waals surface area contributed by atoms with Gasteiger partial charge in [0.1, 0.15) is 17.5 Å². The number of nitrogens with one attached hydrogen (secondary N) is 1. The predicted molar refractivity (Wildman–Crippen MR) is 132 cm³/mol. The maximum atomic E-state index is 15.5. The van der Waals surface area contributed by atoms with Gasteiger partial charge < -0.3 is 15.0 Å². The van der Waals surface area contributed by atoms with Crippen LogP contribution in [-0.2, 0) is 20.9 Å². The van der Waals surface area contributed by atoms with Crippen molar-refractivity contribution < 1.29 is 22.7 Å². The summed E-state index contributed by atoms with van der Waals surface area (Å²) >= 11 is 0. The summed E-state index contributed by atoms with van der Waals surface area (Å²) in [6, 6.07) is 7.18. The molecule has 1 aromatic heterocycles. The molecule has 0 aliphatic carbocycles. The minimum atomic E-state index is -3.33. The molecule has 1 fully saturated rings. The number of benzene rings is 2. The molecule has 36 heavy (non-hydrogen) atoms. The van der Waals surface area contributed by atoms with Gasteiger partial charge in [-0.05, 0) is 51.8 Å². The second kappa shape index (κ2) is 8.44. The minimum absolute atomic E-state index is 0.0205. The zero-order valence-electron chi connectivity index (χ0n) is 21.0. The Morgan fingerprint density at radius 2 is 2.00 bits per heavy atom. The van der Waals surface area contributed by atoms with E-state index in [0.717, 1.165) is 17.3 Å². The van der Waals surface area contributed by atoms with E-state index in [4.69, 9.17) is 4.74 Å². The Balaban J connectivity index is 1.54. The van der Waals surface area contributed by atoms with Crippen molar-refractivity contribution in [2.75, 3.05) is 30.5 Å². The average molecular weight is 499 g/mol. The maximum absolute atomic E-state index is 15.5. The molecule has 190 valence electrons. The molecule has 0 saturated carbocycles. The number of hydrogen-bond donors (Lipinski definition) is 1. The summed E-state index contributed by atoms with van der Waals surface area (Å²) in [5.74, 6) is -4.40. The number of aryl methyl sites for hydroxylation is 1. The van der Waals surface area contributed by atoms with Crippen LogP contribution in [-0.4, -0.2) is 36.1 Å². The fourth-order valence-corrected chi connectivity index (χ4v) is 5.28. The molecule has 2 unspecified atom stereocenters. The van der Waals surface area contributed by atoms with Crippen molar-refractivity contribution in [2.24, 2.45) is 5.92 Å². The molecule has 0 spiro atoms. The molecule has 2 atom stereocenters. The molecule has 3 heterocycles. The van der Waals surface area contributed by atoms with E-state index in [1.165, 1.54) is 12.1 Å². The molecule has 6 nitrogen and oxygen atoms in total. The Morgan fingerprint density at radius 1 is 1.25 bits per heavy atom. The molecular formula is C27H29F3N4O2. The van der Waals surface area contributed by atoms with Crippen LogP contribution in [0.15, 0.2) is 30.3 Å². The van der Waals surface area contributed by atoms with E-state index >= 15 is 13.2 Å². The van der Waals surface area contributed by atoms with E-state index in [1.807, 2.05) is 26.0 Å². The smallest absolute Gasteiger partial charge is 0.281 e. The average Bonchev–Trinajstić information content (AvgIpc) is 3.42. The van der Waals surface area contributed by atoms with Crippen LogP contribution in [0.1, 0.15) is 55.7 Å². The van der Waals surface area contributed by atoms with Crippen LogP contribution in [0.4, 0.5) is 24.7 Å². The third-order valence-electron chi connectivity index (χ3n) is 7.45. The predicted octanol–water partition coefficient (Wildman–Crippen LogP) is 5.63. The number of halogens is 3. The maximum Gasteiger partial charge on any atom is 0.281 e. The van der Waals surface area contributed by atoms with Crippen LogP contribution < -0.4 is 10.2 Å². The zero-order chi connectivity index (χ0) is 26.0. The standard InChI is InChI=1S/C27H29F3N4O2/c1-14(17-7-6-8-19(23(17)28)27(29,30)16-9-10-36-13-16)31-24-18-11-20-22(12-21(18)32-15(2)33-24)34(5)25(35)26(20,3)4/h6-8,11-12,14,16H,9-10,13H2,1-5H3,(H,31,32,33). The first-order valence-electron chi connectivity index (χ1n) is 12.0. The number of anilines is 2. The van der Waals surface area contributed by atoms with Crippen LogP contribution in [0.25, 0.3) is 10.9 Å². The van der Waals surface area contributed by atoms with Crippen LogP contribution in [0.3, 0.4) is 0 Å². The third-order valence-corrected chi connectivity index (χ3v) is 7.45. The fourth-order valence-electron chi connectivity index (χ4n) is 5.28. The molecule has 0 bridgehead atoms. The Bertz CT molecular complexity index is 1370. The number of amides is 1. The van der Waals surface area contributed by atoms with Crippen LogP contribution in [0.2, 0.25) is 0 Å². The Kier molecular flexibility index (Phi) is 5.74. The van der Waals surface area contributed by atoms with Crippen molar-refractivity contribution >= 4 is 28.3 Å². The summed E-state index contributed by atoms with van der Waals surface area (Å²) in [7, 11) is 1.74. The third kappa shape index (κ3) is 3.72. The molecule has 2 aliphatic heterocycles. The van der Waals surface area contributed by atoms with Gasteiger partial charge in [-0.25, -0.2) is 23.1 Å². The van der Waals surface area contributed by atoms with Crippen LogP contribution in [0, 0.1) is 18.7 Å². The van der Waals surface area contributed by atoms with Crippen molar-refractivity contribution in [3.8, 4) is 0 Å². The van der Waals surface area contributed by atoms with Crippen LogP contribution >= 0.6 is 0 Å². The lowest BCUT2D eigenvalue weighted by atomic mass is 9.85. The number of fused-ring (bicyclic) bond motifs is 2. The van der Waals surface area contributed by atoms with Gasteiger partial charge in [0.25, 0.3) is 5.92 Å². The molecule has 3 aromatic rings. The normalized spacial score (nSPS) is 20.2. The van der Waals surface area contributed by atoms with Crippen molar-refractivity contribution in [2.45, 2.75) is 51.5 Å². The summed E-state index contributed by atoms with van der Waals surface area (Å²) in [5, 5.41) is 3.89. The first-order chi connectivity index (χ1) is 16.9. The number of nitrogens with zero attached hydrogens (tertiary/aromatic N) is 3. The monoisotopic (exact) mass is 498 g/mol. The Morgan fingerprint density at radius 3 is 2.69 bits per heavy atom. The summed E-state index contributed by atoms with van der Waals surface area (Å²) < 4.78 is 50.9. The second-order valence-corrected chi connectivity index (χ2v) is 10.3. The molecule has 2 aromatic carbocycles. The highest BCUT2D eigenvalue weighted by Gasteiger charge is 2.46. The summed E-state index contributed by atoms with van der Waals surface area (Å²) in [5.41, 5.74) is 1.04. The van der Waals surface area contributed by atoms with E-state index in [-0.39, 0.29) is 31.1 Å². The lowest BCUT2D eigenvalue weighted by Gasteiger charge is -2.25. The highest BCUT2D eigenvalue weighted by atomic mass is 19.3. The van der Waals surface area contributed by atoms with E-state index in [9.17, 15) is 4.79 Å². The van der Waals surface area contributed by atoms with Gasteiger partial charge in [0.15, 0.2) is 0 Å². The van der Waals surface area contributed by atoms with Gasteiger partial charge in [-0.15, -0.1) is 0 Å². The van der Waals surface area contributed by atoms with Gasteiger partial charge in [-0.1, -0.05) is 18.2 Å². The summed E-state index contributed by atoms with van der Waals surface area (Å²) in [6.45, 7) is 7.34. The minimum Gasteiger partial charge on any atom is -0.381 e. The SMILES string of the molecule is Cc1nc(NC(C)c2cccc(C(F)(F)C3CCOC3)c2F)c2cc3c(cc2n1)N(C)C(=O)C3(C)C. The van der Waals surface area contributed by atoms with Crippen molar-refractivity contribution in [3.63, 3.8) is 0 Å². The topological polar surface area (TPSA) is 67.4 Å². The van der Waals surface area contributed by atoms with E-state index in [2.05, 4.69) is 15.3 Å². The Hall–Kier alpha value is -3.20. The van der Waals surface area contributed by atoms with E-state index in [1.54, 1.807) is 25.8 Å². The molecule has 1 saturated heterocycles. The number of ether oxygens (including phenoxy) is 1. The lowest BCUT2D eigenvalue weighted by Crippen LogP contribution is -2.33. The quantitative estimate of drug-likeness (QED) is 0.494. The van der Waals surface area contributed by atoms with Gasteiger partial charge in [0.2, 0.25) is 5.91 Å². The van der Waals surface area contributed by atoms with Gasteiger partial charge >= 0.3 is 0 Å². The number of alkyl halides is 2. The Labute approximate surface area is 207 Å². The zero-order valence-corrected chi connectivity index (χ0v) is 21.0. The summed E-state index contributed by atoms with van der Waals surface area (Å²) in [6.07, 6.45) is 0.190. The molecule has 0 radical (unpaired) electrons. The second-order valence-electron chi connectivity index (χ2n) is 10.3. The van der Waals surface area contributed by atoms with Crippen molar-refractivity contribution in [1.82, 2.24) is 9.97 Å². The largest absolute Gasteiger partial charge is 0.381 e. The first kappa shape index (κ1) is 24.5. The van der Waals surface area contributed by atoms with Crippen molar-refractivity contribution in [3.05, 3.63) is 58.7 Å². The molecular weight excluding hydrogens is 469 g/mol. The van der Waals surface area contributed by atoms with E-state index < -0.39 is 34.7 Å². The lowest BCUT2D eigenvalue weighted by molar-refractivity contribution is -0.121. The van der Waals surface area contributed by atoms with E-state index in [0.29, 0.717) is 22.5 Å². The number of rotatable bonds is 5.